The molecule has 1 aliphatic carbocycles. The van der Waals surface area contributed by atoms with Crippen molar-refractivity contribution in [1.29, 1.82) is 0 Å². The molecule has 51 heavy (non-hydrogen) atoms. The molecule has 0 N–H and O–H groups in total. The maximum Gasteiger partial charge on any atom is 0.127 e. The lowest BCUT2D eigenvalue weighted by Gasteiger charge is -2.35. The van der Waals surface area contributed by atoms with Crippen LogP contribution < -0.4 is 9.47 Å². The van der Waals surface area contributed by atoms with Crippen LogP contribution in [-0.4, -0.2) is 14.2 Å². The van der Waals surface area contributed by atoms with E-state index in [0.29, 0.717) is 0 Å². The van der Waals surface area contributed by atoms with E-state index in [0.717, 1.165) is 42.7 Å². The molecular weight excluding hydrogens is 621 g/mol. The third-order valence-electron chi connectivity index (χ3n) is 13.6. The summed E-state index contributed by atoms with van der Waals surface area (Å²) in [4.78, 5) is 0. The van der Waals surface area contributed by atoms with Gasteiger partial charge in [-0.25, -0.2) is 0 Å². The fourth-order valence-corrected chi connectivity index (χ4v) is 9.00. The van der Waals surface area contributed by atoms with Crippen LogP contribution in [0.4, 0.5) is 0 Å². The largest absolute Gasteiger partial charge is 0.496 e. The second-order valence-corrected chi connectivity index (χ2v) is 16.4. The molecule has 0 atom stereocenters. The molecule has 0 fully saturated rings. The van der Waals surface area contributed by atoms with Gasteiger partial charge in [-0.05, 0) is 101 Å². The maximum absolute atomic E-state index is 6.20. The third-order valence-corrected chi connectivity index (χ3v) is 13.6. The molecule has 0 heterocycles. The average molecular weight is 695 g/mol. The Labute approximate surface area is 314 Å². The molecule has 0 aromatic heterocycles. The summed E-state index contributed by atoms with van der Waals surface area (Å²) in [5.41, 5.74) is 11.4. The first-order valence-electron chi connectivity index (χ1n) is 21.2. The first-order valence-corrected chi connectivity index (χ1v) is 21.2. The average Bonchev–Trinajstić information content (AvgIpc) is 3.44. The molecule has 0 unspecified atom stereocenters. The smallest absolute Gasteiger partial charge is 0.127 e. The molecule has 3 aromatic rings. The first-order chi connectivity index (χ1) is 24.6. The second-order valence-electron chi connectivity index (χ2n) is 16.4. The quantitative estimate of drug-likeness (QED) is 0.0920. The van der Waals surface area contributed by atoms with Crippen molar-refractivity contribution in [2.24, 2.45) is 0 Å². The van der Waals surface area contributed by atoms with Gasteiger partial charge in [-0.15, -0.1) is 0 Å². The van der Waals surface area contributed by atoms with E-state index in [1.807, 2.05) is 14.2 Å². The van der Waals surface area contributed by atoms with Gasteiger partial charge in [0.25, 0.3) is 0 Å². The van der Waals surface area contributed by atoms with Crippen molar-refractivity contribution in [1.82, 2.24) is 0 Å². The summed E-state index contributed by atoms with van der Waals surface area (Å²) in [5.74, 6) is 1.91. The number of hydrogen-bond donors (Lipinski definition) is 0. The fraction of sp³-hybridized carbons (Fsp3) is 0.633. The van der Waals surface area contributed by atoms with E-state index in [-0.39, 0.29) is 16.2 Å². The highest BCUT2D eigenvalue weighted by Crippen LogP contribution is 2.56. The van der Waals surface area contributed by atoms with E-state index in [9.17, 15) is 0 Å². The van der Waals surface area contributed by atoms with Gasteiger partial charge in [-0.2, -0.15) is 0 Å². The van der Waals surface area contributed by atoms with E-state index in [1.54, 1.807) is 11.1 Å². The molecule has 0 aliphatic heterocycles. The van der Waals surface area contributed by atoms with Crippen molar-refractivity contribution >= 4 is 0 Å². The molecule has 1 aliphatic rings. The number of unbranched alkanes of at least 4 members (excludes halogenated alkanes) is 10. The van der Waals surface area contributed by atoms with Gasteiger partial charge in [0.2, 0.25) is 0 Å². The zero-order valence-electron chi connectivity index (χ0n) is 34.7. The van der Waals surface area contributed by atoms with Crippen LogP contribution in [0.5, 0.6) is 11.5 Å². The third kappa shape index (κ3) is 8.74. The Morgan fingerprint density at radius 3 is 1.49 bits per heavy atom. The van der Waals surface area contributed by atoms with Gasteiger partial charge >= 0.3 is 0 Å². The summed E-state index contributed by atoms with van der Waals surface area (Å²) >= 11 is 0. The normalized spacial score (nSPS) is 13.7. The first kappa shape index (κ1) is 41.0. The van der Waals surface area contributed by atoms with Gasteiger partial charge in [-0.1, -0.05) is 163 Å². The highest BCUT2D eigenvalue weighted by Gasteiger charge is 2.43. The topological polar surface area (TPSA) is 18.5 Å². The number of methoxy groups -OCH3 is 2. The molecule has 2 heteroatoms. The fourth-order valence-electron chi connectivity index (χ4n) is 9.00. The van der Waals surface area contributed by atoms with Crippen molar-refractivity contribution in [3.63, 3.8) is 0 Å². The molecule has 0 bridgehead atoms. The predicted octanol–water partition coefficient (Wildman–Crippen LogP) is 15.3. The summed E-state index contributed by atoms with van der Waals surface area (Å²) < 4.78 is 12.3. The van der Waals surface area contributed by atoms with Gasteiger partial charge in [0.05, 0.1) is 14.2 Å². The number of hydrogen-bond acceptors (Lipinski definition) is 2. The maximum atomic E-state index is 6.20. The number of fused-ring (bicyclic) bond motifs is 3. The second kappa shape index (κ2) is 18.8. The van der Waals surface area contributed by atoms with E-state index in [4.69, 9.17) is 9.47 Å². The van der Waals surface area contributed by atoms with Crippen LogP contribution in [0.3, 0.4) is 0 Å². The summed E-state index contributed by atoms with van der Waals surface area (Å²) in [6.45, 7) is 18.8. The van der Waals surface area contributed by atoms with Gasteiger partial charge < -0.3 is 9.47 Å². The Kier molecular flexibility index (Phi) is 15.2. The van der Waals surface area contributed by atoms with Crippen molar-refractivity contribution in [3.8, 4) is 33.8 Å². The molecule has 4 rings (SSSR count). The molecule has 282 valence electrons. The van der Waals surface area contributed by atoms with E-state index in [1.165, 1.54) is 118 Å². The molecule has 0 saturated heterocycles. The lowest BCUT2D eigenvalue weighted by Crippen LogP contribution is -2.27. The molecule has 0 radical (unpaired) electrons. The van der Waals surface area contributed by atoms with E-state index < -0.39 is 0 Å². The minimum atomic E-state index is 0.0227. The van der Waals surface area contributed by atoms with Crippen LogP contribution in [0.2, 0.25) is 0 Å². The standard InChI is InChI=1S/C49H74O2/c1-11-17-19-21-23-25-31-49(32-26-24-22-20-18-12-2)42-33-37(41-35-46(51-10)44(36-45(41)50-9)48(8,15-5)16-6)27-29-39(42)40-30-28-38(34-43(40)49)47(7,13-3)14-4/h27-30,33-36H,11-26,31-32H2,1-10H3. The number of rotatable bonds is 23. The Balaban J connectivity index is 1.91. The molecule has 0 spiro atoms. The Bertz CT molecular complexity index is 1510. The lowest BCUT2D eigenvalue weighted by atomic mass is 9.68. The summed E-state index contributed by atoms with van der Waals surface area (Å²) in [5, 5.41) is 0. The van der Waals surface area contributed by atoms with Gasteiger partial charge in [-0.3, -0.25) is 0 Å². The highest BCUT2D eigenvalue weighted by molar-refractivity contribution is 5.85. The molecule has 0 amide bonds. The highest BCUT2D eigenvalue weighted by atomic mass is 16.5. The van der Waals surface area contributed by atoms with Crippen molar-refractivity contribution in [2.75, 3.05) is 14.2 Å². The molecule has 0 saturated carbocycles. The predicted molar refractivity (Wildman–Crippen MR) is 223 cm³/mol. The van der Waals surface area contributed by atoms with Gasteiger partial charge in [0.15, 0.2) is 0 Å². The van der Waals surface area contributed by atoms with Crippen LogP contribution in [0.15, 0.2) is 48.5 Å². The SMILES string of the molecule is CCCCCCCCC1(CCCCCCCC)c2cc(-c3cc(OC)c(C(C)(CC)CC)cc3OC)ccc2-c2ccc(C(C)(CC)CC)cc21. The lowest BCUT2D eigenvalue weighted by molar-refractivity contribution is 0.367. The Morgan fingerprint density at radius 1 is 0.490 bits per heavy atom. The van der Waals surface area contributed by atoms with Crippen molar-refractivity contribution in [3.05, 3.63) is 70.8 Å². The van der Waals surface area contributed by atoms with Crippen LogP contribution >= 0.6 is 0 Å². The van der Waals surface area contributed by atoms with Crippen molar-refractivity contribution in [2.45, 2.75) is 187 Å². The molecular formula is C49H74O2. The molecule has 3 aromatic carbocycles. The van der Waals surface area contributed by atoms with E-state index >= 15 is 0 Å². The minimum absolute atomic E-state index is 0.0227. The monoisotopic (exact) mass is 695 g/mol. The van der Waals surface area contributed by atoms with Crippen LogP contribution in [0, 0.1) is 0 Å². The summed E-state index contributed by atoms with van der Waals surface area (Å²) in [6.07, 6.45) is 22.8. The van der Waals surface area contributed by atoms with Crippen molar-refractivity contribution < 1.29 is 9.47 Å². The summed E-state index contributed by atoms with van der Waals surface area (Å²) in [6, 6.07) is 19.5. The Hall–Kier alpha value is -2.74. The van der Waals surface area contributed by atoms with Crippen LogP contribution in [0.1, 0.15) is 193 Å². The minimum Gasteiger partial charge on any atom is -0.496 e. The zero-order chi connectivity index (χ0) is 37.1. The van der Waals surface area contributed by atoms with Gasteiger partial charge in [0.1, 0.15) is 11.5 Å². The van der Waals surface area contributed by atoms with E-state index in [2.05, 4.69) is 104 Å². The number of ether oxygens (including phenoxy) is 2. The van der Waals surface area contributed by atoms with Crippen LogP contribution in [0.25, 0.3) is 22.3 Å². The number of benzene rings is 3. The zero-order valence-corrected chi connectivity index (χ0v) is 34.7. The Morgan fingerprint density at radius 2 is 0.980 bits per heavy atom. The molecule has 2 nitrogen and oxygen atoms in total. The van der Waals surface area contributed by atoms with Gasteiger partial charge in [0, 0.05) is 16.5 Å². The van der Waals surface area contributed by atoms with Crippen LogP contribution in [-0.2, 0) is 16.2 Å². The summed E-state index contributed by atoms with van der Waals surface area (Å²) in [7, 11) is 3.65.